The Morgan fingerprint density at radius 3 is 2.92 bits per heavy atom. The molecule has 0 bridgehead atoms. The average molecular weight is 353 g/mol. The van der Waals surface area contributed by atoms with Gasteiger partial charge in [0.25, 0.3) is 0 Å². The van der Waals surface area contributed by atoms with Crippen LogP contribution in [-0.4, -0.2) is 5.91 Å². The Hall–Kier alpha value is -2.66. The Labute approximate surface area is 149 Å². The number of halogens is 1. The van der Waals surface area contributed by atoms with Crippen LogP contribution in [-0.2, 0) is 11.4 Å². The van der Waals surface area contributed by atoms with E-state index in [1.165, 1.54) is 12.1 Å². The number of hydrogen-bond donors (Lipinski definition) is 1. The minimum Gasteiger partial charge on any atom is -0.489 e. The van der Waals surface area contributed by atoms with Gasteiger partial charge in [-0.2, -0.15) is 0 Å². The number of nitrogens with one attached hydrogen (secondary N) is 1. The quantitative estimate of drug-likeness (QED) is 0.721. The second-order valence-corrected chi connectivity index (χ2v) is 6.91. The molecule has 1 amide bonds. The van der Waals surface area contributed by atoms with Crippen LogP contribution in [0.4, 0.5) is 10.1 Å². The zero-order chi connectivity index (χ0) is 17.2. The highest BCUT2D eigenvalue weighted by atomic mass is 32.1. The van der Waals surface area contributed by atoms with Crippen molar-refractivity contribution in [1.82, 2.24) is 0 Å². The number of ether oxygens (including phenoxy) is 1. The van der Waals surface area contributed by atoms with Gasteiger partial charge in [0.15, 0.2) is 0 Å². The fourth-order valence-electron chi connectivity index (χ4n) is 3.11. The van der Waals surface area contributed by atoms with Gasteiger partial charge in [0.05, 0.1) is 5.69 Å². The van der Waals surface area contributed by atoms with Crippen molar-refractivity contribution >= 4 is 22.9 Å². The summed E-state index contributed by atoms with van der Waals surface area (Å²) in [5.74, 6) is 0.440. The van der Waals surface area contributed by atoms with E-state index in [1.54, 1.807) is 17.4 Å². The van der Waals surface area contributed by atoms with Crippen molar-refractivity contribution in [3.8, 4) is 5.75 Å². The minimum atomic E-state index is -0.276. The fourth-order valence-corrected chi connectivity index (χ4v) is 4.08. The highest BCUT2D eigenvalue weighted by molar-refractivity contribution is 7.10. The maximum Gasteiger partial charge on any atom is 0.225 e. The van der Waals surface area contributed by atoms with E-state index in [0.29, 0.717) is 6.42 Å². The lowest BCUT2D eigenvalue weighted by Crippen LogP contribution is -2.22. The molecule has 0 spiro atoms. The molecule has 0 fully saturated rings. The van der Waals surface area contributed by atoms with E-state index in [1.807, 2.05) is 41.8 Å². The topological polar surface area (TPSA) is 38.3 Å². The van der Waals surface area contributed by atoms with E-state index in [9.17, 15) is 9.18 Å². The first-order valence-electron chi connectivity index (χ1n) is 8.04. The molecule has 5 heteroatoms. The van der Waals surface area contributed by atoms with Gasteiger partial charge >= 0.3 is 0 Å². The number of carbonyl (C=O) groups excluding carboxylic acids is 1. The van der Waals surface area contributed by atoms with Crippen molar-refractivity contribution in [3.63, 3.8) is 0 Å². The molecule has 1 aromatic heterocycles. The Balaban J connectivity index is 1.63. The SMILES string of the molecule is O=C1C[C@H](c2ccccc2OCc2cccc(F)c2)c2sccc2N1. The number of anilines is 1. The zero-order valence-electron chi connectivity index (χ0n) is 13.4. The predicted octanol–water partition coefficient (Wildman–Crippen LogP) is 4.94. The number of rotatable bonds is 4. The summed E-state index contributed by atoms with van der Waals surface area (Å²) in [6.45, 7) is 0.283. The van der Waals surface area contributed by atoms with Gasteiger partial charge in [-0.05, 0) is 35.2 Å². The summed E-state index contributed by atoms with van der Waals surface area (Å²) < 4.78 is 19.3. The smallest absolute Gasteiger partial charge is 0.225 e. The first kappa shape index (κ1) is 15.8. The van der Waals surface area contributed by atoms with Crippen LogP contribution in [0.2, 0.25) is 0 Å². The fraction of sp³-hybridized carbons (Fsp3) is 0.150. The summed E-state index contributed by atoms with van der Waals surface area (Å²) in [6.07, 6.45) is 0.397. The molecule has 3 aromatic rings. The zero-order valence-corrected chi connectivity index (χ0v) is 14.2. The number of thiophene rings is 1. The Bertz CT molecular complexity index is 921. The number of carbonyl (C=O) groups is 1. The Morgan fingerprint density at radius 2 is 2.04 bits per heavy atom. The molecular weight excluding hydrogens is 337 g/mol. The van der Waals surface area contributed by atoms with Gasteiger partial charge in [0, 0.05) is 22.8 Å². The van der Waals surface area contributed by atoms with Gasteiger partial charge in [0.1, 0.15) is 18.2 Å². The molecule has 0 aliphatic carbocycles. The van der Waals surface area contributed by atoms with Gasteiger partial charge in [-0.3, -0.25) is 4.79 Å². The van der Waals surface area contributed by atoms with E-state index in [4.69, 9.17) is 4.74 Å². The lowest BCUT2D eigenvalue weighted by atomic mass is 9.90. The molecule has 2 aromatic carbocycles. The largest absolute Gasteiger partial charge is 0.489 e. The molecule has 126 valence electrons. The van der Waals surface area contributed by atoms with Crippen molar-refractivity contribution in [1.29, 1.82) is 0 Å². The summed E-state index contributed by atoms with van der Waals surface area (Å²) in [7, 11) is 0. The van der Waals surface area contributed by atoms with E-state index in [0.717, 1.165) is 27.4 Å². The first-order chi connectivity index (χ1) is 12.2. The second-order valence-electron chi connectivity index (χ2n) is 5.96. The highest BCUT2D eigenvalue weighted by Gasteiger charge is 2.29. The summed E-state index contributed by atoms with van der Waals surface area (Å²) >= 11 is 1.64. The lowest BCUT2D eigenvalue weighted by Gasteiger charge is -2.24. The summed E-state index contributed by atoms with van der Waals surface area (Å²) in [5.41, 5.74) is 2.64. The Morgan fingerprint density at radius 1 is 1.16 bits per heavy atom. The van der Waals surface area contributed by atoms with Gasteiger partial charge in [-0.15, -0.1) is 11.3 Å². The molecule has 1 aliphatic rings. The molecule has 25 heavy (non-hydrogen) atoms. The molecule has 0 unspecified atom stereocenters. The van der Waals surface area contributed by atoms with Gasteiger partial charge in [-0.1, -0.05) is 30.3 Å². The van der Waals surface area contributed by atoms with Gasteiger partial charge in [0.2, 0.25) is 5.91 Å². The number of fused-ring (bicyclic) bond motifs is 1. The van der Waals surface area contributed by atoms with Crippen LogP contribution in [0.5, 0.6) is 5.75 Å². The van der Waals surface area contributed by atoms with E-state index < -0.39 is 0 Å². The third-order valence-electron chi connectivity index (χ3n) is 4.25. The van der Waals surface area contributed by atoms with Crippen LogP contribution >= 0.6 is 11.3 Å². The van der Waals surface area contributed by atoms with Crippen LogP contribution in [0.25, 0.3) is 0 Å². The normalized spacial score (nSPS) is 16.2. The minimum absolute atomic E-state index is 0.0100. The molecule has 3 nitrogen and oxygen atoms in total. The van der Waals surface area contributed by atoms with Crippen molar-refractivity contribution in [2.24, 2.45) is 0 Å². The number of benzene rings is 2. The Kier molecular flexibility index (Phi) is 4.24. The van der Waals surface area contributed by atoms with Crippen LogP contribution in [0.15, 0.2) is 60.0 Å². The monoisotopic (exact) mass is 353 g/mol. The number of hydrogen-bond acceptors (Lipinski definition) is 3. The predicted molar refractivity (Wildman–Crippen MR) is 96.6 cm³/mol. The molecule has 0 radical (unpaired) electrons. The summed E-state index contributed by atoms with van der Waals surface area (Å²) in [4.78, 5) is 13.2. The van der Waals surface area contributed by atoms with Crippen LogP contribution in [0, 0.1) is 5.82 Å². The molecule has 0 saturated heterocycles. The molecule has 4 rings (SSSR count). The third-order valence-corrected chi connectivity index (χ3v) is 5.28. The van der Waals surface area contributed by atoms with Crippen molar-refractivity contribution in [2.45, 2.75) is 18.9 Å². The van der Waals surface area contributed by atoms with Crippen LogP contribution in [0.3, 0.4) is 0 Å². The number of amides is 1. The number of para-hydroxylation sites is 1. The molecule has 1 atom stereocenters. The van der Waals surface area contributed by atoms with Crippen LogP contribution in [0.1, 0.15) is 28.3 Å². The maximum atomic E-state index is 13.3. The van der Waals surface area contributed by atoms with Crippen molar-refractivity contribution in [3.05, 3.63) is 81.8 Å². The first-order valence-corrected chi connectivity index (χ1v) is 8.92. The standard InChI is InChI=1S/C20H16FNO2S/c21-14-5-3-4-13(10-14)12-24-18-7-2-1-6-15(18)16-11-19(23)22-17-8-9-25-20(16)17/h1-10,16H,11-12H2,(H,22,23)/t16-/m1/s1. The average Bonchev–Trinajstić information content (AvgIpc) is 3.08. The highest BCUT2D eigenvalue weighted by Crippen LogP contribution is 2.43. The summed E-state index contributed by atoms with van der Waals surface area (Å²) in [6, 6.07) is 16.1. The molecule has 0 saturated carbocycles. The van der Waals surface area contributed by atoms with Crippen molar-refractivity contribution in [2.75, 3.05) is 5.32 Å². The van der Waals surface area contributed by atoms with Crippen molar-refractivity contribution < 1.29 is 13.9 Å². The second kappa shape index (κ2) is 6.69. The molecular formula is C20H16FNO2S. The summed E-state index contributed by atoms with van der Waals surface area (Å²) in [5, 5.41) is 4.90. The molecule has 1 aliphatic heterocycles. The maximum absolute atomic E-state index is 13.3. The van der Waals surface area contributed by atoms with E-state index in [2.05, 4.69) is 5.32 Å². The molecule has 1 N–H and O–H groups in total. The van der Waals surface area contributed by atoms with E-state index >= 15 is 0 Å². The third kappa shape index (κ3) is 3.28. The lowest BCUT2D eigenvalue weighted by molar-refractivity contribution is -0.116. The van der Waals surface area contributed by atoms with Crippen LogP contribution < -0.4 is 10.1 Å². The van der Waals surface area contributed by atoms with Gasteiger partial charge in [-0.25, -0.2) is 4.39 Å². The van der Waals surface area contributed by atoms with E-state index in [-0.39, 0.29) is 24.2 Å². The molecule has 2 heterocycles. The van der Waals surface area contributed by atoms with Gasteiger partial charge < -0.3 is 10.1 Å².